The van der Waals surface area contributed by atoms with Crippen LogP contribution in [-0.4, -0.2) is 48.0 Å². The Hall–Kier alpha value is -1.93. The summed E-state index contributed by atoms with van der Waals surface area (Å²) in [5.41, 5.74) is 0. The Kier molecular flexibility index (Phi) is 4.62. The van der Waals surface area contributed by atoms with Crippen molar-refractivity contribution >= 4 is 22.0 Å². The lowest BCUT2D eigenvalue weighted by Crippen LogP contribution is -2.43. The summed E-state index contributed by atoms with van der Waals surface area (Å²) >= 11 is 0. The molecule has 0 aromatic heterocycles. The second-order valence-corrected chi connectivity index (χ2v) is 5.78. The van der Waals surface area contributed by atoms with Gasteiger partial charge >= 0.3 is 11.9 Å². The van der Waals surface area contributed by atoms with Crippen LogP contribution in [0.5, 0.6) is 0 Å². The number of carbonyl (C=O) groups is 2. The molecule has 19 heavy (non-hydrogen) atoms. The quantitative estimate of drug-likeness (QED) is 0.774. The largest absolute Gasteiger partial charge is 0.481 e. The monoisotopic (exact) mass is 287 g/mol. The molecule has 0 spiro atoms. The number of nitrogens with zero attached hydrogens (tertiary/aromatic N) is 1. The molecule has 0 saturated heterocycles. The van der Waals surface area contributed by atoms with E-state index in [1.54, 1.807) is 6.07 Å². The molecule has 0 amide bonds. The summed E-state index contributed by atoms with van der Waals surface area (Å²) in [6, 6.07) is 5.58. The number of rotatable bonds is 6. The van der Waals surface area contributed by atoms with Crippen molar-refractivity contribution in [3.8, 4) is 0 Å². The Morgan fingerprint density at radius 1 is 1.21 bits per heavy atom. The Morgan fingerprint density at radius 3 is 2.16 bits per heavy atom. The molecule has 0 fully saturated rings. The van der Waals surface area contributed by atoms with Crippen molar-refractivity contribution in [1.29, 1.82) is 0 Å². The number of hydrogen-bond donors (Lipinski definition) is 2. The number of likely N-dealkylation sites (N-methyl/N-ethyl adjacent to an activating group) is 1. The van der Waals surface area contributed by atoms with Crippen molar-refractivity contribution in [1.82, 2.24) is 4.31 Å². The van der Waals surface area contributed by atoms with Gasteiger partial charge in [-0.05, 0) is 12.1 Å². The fourth-order valence-electron chi connectivity index (χ4n) is 1.46. The molecule has 7 nitrogen and oxygen atoms in total. The van der Waals surface area contributed by atoms with Crippen molar-refractivity contribution in [3.05, 3.63) is 30.3 Å². The minimum Gasteiger partial charge on any atom is -0.481 e. The van der Waals surface area contributed by atoms with E-state index in [0.717, 1.165) is 7.05 Å². The van der Waals surface area contributed by atoms with Crippen molar-refractivity contribution < 1.29 is 28.2 Å². The first-order chi connectivity index (χ1) is 8.76. The zero-order chi connectivity index (χ0) is 14.6. The standard InChI is InChI=1S/C11H13NO6S/c1-12(9(11(15)16)7-10(13)14)19(17,18)8-5-3-2-4-6-8/h2-6,9H,7H2,1H3,(H,13,14)(H,15,16). The predicted molar refractivity (Wildman–Crippen MR) is 65.1 cm³/mol. The number of carboxylic acid groups (broad SMARTS) is 2. The molecule has 8 heteroatoms. The normalized spacial score (nSPS) is 13.2. The van der Waals surface area contributed by atoms with Gasteiger partial charge in [0, 0.05) is 7.05 Å². The van der Waals surface area contributed by atoms with Gasteiger partial charge in [0.05, 0.1) is 11.3 Å². The first-order valence-electron chi connectivity index (χ1n) is 5.24. The van der Waals surface area contributed by atoms with E-state index in [4.69, 9.17) is 10.2 Å². The molecule has 104 valence electrons. The molecule has 0 saturated carbocycles. The molecule has 0 aliphatic heterocycles. The highest BCUT2D eigenvalue weighted by Crippen LogP contribution is 2.17. The van der Waals surface area contributed by atoms with Crippen LogP contribution in [0.15, 0.2) is 35.2 Å². The lowest BCUT2D eigenvalue weighted by atomic mass is 10.2. The van der Waals surface area contributed by atoms with Gasteiger partial charge in [-0.3, -0.25) is 9.59 Å². The van der Waals surface area contributed by atoms with E-state index in [1.807, 2.05) is 0 Å². The van der Waals surface area contributed by atoms with Crippen molar-refractivity contribution in [2.75, 3.05) is 7.05 Å². The summed E-state index contributed by atoms with van der Waals surface area (Å²) in [5.74, 6) is -2.90. The molecule has 2 N–H and O–H groups in total. The lowest BCUT2D eigenvalue weighted by molar-refractivity contribution is -0.147. The second-order valence-electron chi connectivity index (χ2n) is 3.79. The van der Waals surface area contributed by atoms with Gasteiger partial charge in [0.25, 0.3) is 0 Å². The van der Waals surface area contributed by atoms with Gasteiger partial charge in [-0.15, -0.1) is 0 Å². The number of carboxylic acids is 2. The Morgan fingerprint density at radius 2 is 1.74 bits per heavy atom. The van der Waals surface area contributed by atoms with Gasteiger partial charge in [0.15, 0.2) is 0 Å². The Balaban J connectivity index is 3.12. The average molecular weight is 287 g/mol. The molecule has 1 aromatic carbocycles. The SMILES string of the molecule is CN(C(CC(=O)O)C(=O)O)S(=O)(=O)c1ccccc1. The Bertz CT molecular complexity index is 568. The number of hydrogen-bond acceptors (Lipinski definition) is 4. The van der Waals surface area contributed by atoms with Crippen LogP contribution in [0.2, 0.25) is 0 Å². The maximum atomic E-state index is 12.1. The molecule has 0 bridgehead atoms. The van der Waals surface area contributed by atoms with E-state index in [1.165, 1.54) is 24.3 Å². The second kappa shape index (κ2) is 5.81. The van der Waals surface area contributed by atoms with Gasteiger partial charge in [0.1, 0.15) is 6.04 Å². The minimum atomic E-state index is -4.04. The summed E-state index contributed by atoms with van der Waals surface area (Å²) in [7, 11) is -2.99. The topological polar surface area (TPSA) is 112 Å². The minimum absolute atomic E-state index is 0.0888. The molecular formula is C11H13NO6S. The third kappa shape index (κ3) is 3.52. The third-order valence-corrected chi connectivity index (χ3v) is 4.39. The molecule has 1 aromatic rings. The first kappa shape index (κ1) is 15.1. The summed E-state index contributed by atoms with van der Waals surface area (Å²) < 4.78 is 24.8. The van der Waals surface area contributed by atoms with E-state index in [0.29, 0.717) is 4.31 Å². The van der Waals surface area contributed by atoms with Crippen LogP contribution in [0.3, 0.4) is 0 Å². The van der Waals surface area contributed by atoms with E-state index < -0.39 is 34.4 Å². The lowest BCUT2D eigenvalue weighted by Gasteiger charge is -2.22. The summed E-state index contributed by atoms with van der Waals surface area (Å²) in [6.07, 6.45) is -0.808. The van der Waals surface area contributed by atoms with E-state index in [9.17, 15) is 18.0 Å². The molecule has 0 aliphatic rings. The van der Waals surface area contributed by atoms with Crippen molar-refractivity contribution in [3.63, 3.8) is 0 Å². The van der Waals surface area contributed by atoms with Crippen LogP contribution in [0, 0.1) is 0 Å². The molecule has 0 aliphatic carbocycles. The van der Waals surface area contributed by atoms with E-state index in [2.05, 4.69) is 0 Å². The van der Waals surface area contributed by atoms with Gasteiger partial charge < -0.3 is 10.2 Å². The van der Waals surface area contributed by atoms with Crippen LogP contribution >= 0.6 is 0 Å². The summed E-state index contributed by atoms with van der Waals surface area (Å²) in [4.78, 5) is 21.5. The highest BCUT2D eigenvalue weighted by molar-refractivity contribution is 7.89. The van der Waals surface area contributed by atoms with Crippen molar-refractivity contribution in [2.45, 2.75) is 17.4 Å². The Labute approximate surface area is 110 Å². The van der Waals surface area contributed by atoms with Crippen LogP contribution in [0.4, 0.5) is 0 Å². The van der Waals surface area contributed by atoms with Crippen LogP contribution in [0.1, 0.15) is 6.42 Å². The number of aliphatic carboxylic acids is 2. The number of benzene rings is 1. The number of sulfonamides is 1. The zero-order valence-corrected chi connectivity index (χ0v) is 10.9. The van der Waals surface area contributed by atoms with E-state index in [-0.39, 0.29) is 4.90 Å². The molecule has 1 atom stereocenters. The molecule has 1 rings (SSSR count). The first-order valence-corrected chi connectivity index (χ1v) is 6.68. The molecule has 0 heterocycles. The van der Waals surface area contributed by atoms with Gasteiger partial charge in [0.2, 0.25) is 10.0 Å². The highest BCUT2D eigenvalue weighted by Gasteiger charge is 2.34. The maximum Gasteiger partial charge on any atom is 0.322 e. The average Bonchev–Trinajstić information content (AvgIpc) is 2.35. The van der Waals surface area contributed by atoms with Crippen LogP contribution in [-0.2, 0) is 19.6 Å². The molecule has 0 radical (unpaired) electrons. The van der Waals surface area contributed by atoms with Crippen LogP contribution in [0.25, 0.3) is 0 Å². The van der Waals surface area contributed by atoms with E-state index >= 15 is 0 Å². The van der Waals surface area contributed by atoms with Gasteiger partial charge in [-0.2, -0.15) is 4.31 Å². The van der Waals surface area contributed by atoms with Gasteiger partial charge in [-0.25, -0.2) is 8.42 Å². The summed E-state index contributed by atoms with van der Waals surface area (Å²) in [6.45, 7) is 0. The van der Waals surface area contributed by atoms with Crippen LogP contribution < -0.4 is 0 Å². The van der Waals surface area contributed by atoms with Crippen molar-refractivity contribution in [2.24, 2.45) is 0 Å². The smallest absolute Gasteiger partial charge is 0.322 e. The van der Waals surface area contributed by atoms with Gasteiger partial charge in [-0.1, -0.05) is 18.2 Å². The predicted octanol–water partition coefficient (Wildman–Crippen LogP) is 0.235. The molecular weight excluding hydrogens is 274 g/mol. The maximum absolute atomic E-state index is 12.1. The third-order valence-electron chi connectivity index (χ3n) is 2.51. The fraction of sp³-hybridized carbons (Fsp3) is 0.273. The summed E-state index contributed by atoms with van der Waals surface area (Å²) in [5, 5.41) is 17.6. The molecule has 1 unspecified atom stereocenters. The zero-order valence-electron chi connectivity index (χ0n) is 10.1. The fourth-order valence-corrected chi connectivity index (χ4v) is 2.80. The highest BCUT2D eigenvalue weighted by atomic mass is 32.2.